The molecule has 2 aromatic heterocycles. The van der Waals surface area contributed by atoms with Crippen LogP contribution < -0.4 is 10.1 Å². The Labute approximate surface area is 113 Å². The van der Waals surface area contributed by atoms with Gasteiger partial charge < -0.3 is 10.1 Å². The molecule has 0 fully saturated rings. The van der Waals surface area contributed by atoms with Gasteiger partial charge in [0, 0.05) is 26.0 Å². The average molecular weight is 260 g/mol. The zero-order valence-electron chi connectivity index (χ0n) is 11.6. The molecule has 0 spiro atoms. The summed E-state index contributed by atoms with van der Waals surface area (Å²) in [6.07, 6.45) is 6.71. The van der Waals surface area contributed by atoms with E-state index in [1.54, 1.807) is 6.20 Å². The Morgan fingerprint density at radius 3 is 2.95 bits per heavy atom. The minimum absolute atomic E-state index is 0.142. The molecule has 0 saturated heterocycles. The molecule has 0 bridgehead atoms. The van der Waals surface area contributed by atoms with E-state index in [0.717, 1.165) is 24.5 Å². The van der Waals surface area contributed by atoms with Crippen molar-refractivity contribution in [1.29, 1.82) is 0 Å². The van der Waals surface area contributed by atoms with Gasteiger partial charge in [-0.1, -0.05) is 0 Å². The molecule has 2 heterocycles. The van der Waals surface area contributed by atoms with E-state index in [2.05, 4.69) is 15.4 Å². The lowest BCUT2D eigenvalue weighted by atomic mass is 10.2. The first kappa shape index (κ1) is 13.4. The van der Waals surface area contributed by atoms with Crippen molar-refractivity contribution in [2.75, 3.05) is 11.9 Å². The number of aromatic nitrogens is 3. The van der Waals surface area contributed by atoms with Crippen LogP contribution in [0.4, 0.5) is 5.82 Å². The van der Waals surface area contributed by atoms with E-state index in [-0.39, 0.29) is 6.10 Å². The minimum Gasteiger partial charge on any atom is -0.487 e. The molecule has 2 rings (SSSR count). The summed E-state index contributed by atoms with van der Waals surface area (Å²) in [6, 6.07) is 3.81. The molecule has 19 heavy (non-hydrogen) atoms. The number of pyridine rings is 1. The first-order chi connectivity index (χ1) is 9.15. The highest BCUT2D eigenvalue weighted by molar-refractivity contribution is 5.49. The smallest absolute Gasteiger partial charge is 0.168 e. The molecule has 0 radical (unpaired) electrons. The second-order valence-corrected chi connectivity index (χ2v) is 4.72. The lowest BCUT2D eigenvalue weighted by Gasteiger charge is -2.14. The molecule has 5 nitrogen and oxygen atoms in total. The molecule has 102 valence electrons. The normalized spacial score (nSPS) is 10.7. The van der Waals surface area contributed by atoms with Crippen molar-refractivity contribution >= 4 is 5.82 Å². The first-order valence-corrected chi connectivity index (χ1v) is 6.48. The minimum atomic E-state index is 0.142. The lowest BCUT2D eigenvalue weighted by Crippen LogP contribution is -2.11. The largest absolute Gasteiger partial charge is 0.487 e. The fourth-order valence-corrected chi connectivity index (χ4v) is 1.80. The van der Waals surface area contributed by atoms with E-state index in [0.29, 0.717) is 0 Å². The monoisotopic (exact) mass is 260 g/mol. The van der Waals surface area contributed by atoms with Gasteiger partial charge in [-0.05, 0) is 38.0 Å². The van der Waals surface area contributed by atoms with Gasteiger partial charge in [0.2, 0.25) is 0 Å². The second-order valence-electron chi connectivity index (χ2n) is 4.72. The van der Waals surface area contributed by atoms with E-state index in [9.17, 15) is 0 Å². The summed E-state index contributed by atoms with van der Waals surface area (Å²) >= 11 is 0. The van der Waals surface area contributed by atoms with Gasteiger partial charge in [0.1, 0.15) is 0 Å². The zero-order chi connectivity index (χ0) is 13.7. The standard InChI is InChI=1S/C14H20N4O/c1-11(2)19-13-5-4-7-15-14(13)16-8-6-12-9-17-18(3)10-12/h4-5,7,9-11H,6,8H2,1-3H3,(H,15,16). The Hall–Kier alpha value is -2.04. The molecule has 1 N–H and O–H groups in total. The summed E-state index contributed by atoms with van der Waals surface area (Å²) in [5, 5.41) is 7.45. The first-order valence-electron chi connectivity index (χ1n) is 6.48. The maximum atomic E-state index is 5.71. The molecule has 2 aromatic rings. The Morgan fingerprint density at radius 1 is 1.42 bits per heavy atom. The third-order valence-electron chi connectivity index (χ3n) is 2.60. The van der Waals surface area contributed by atoms with Crippen LogP contribution in [0.2, 0.25) is 0 Å². The Balaban J connectivity index is 1.92. The van der Waals surface area contributed by atoms with Crippen molar-refractivity contribution in [2.24, 2.45) is 7.05 Å². The van der Waals surface area contributed by atoms with Crippen molar-refractivity contribution in [1.82, 2.24) is 14.8 Å². The van der Waals surface area contributed by atoms with Crippen LogP contribution in [0.3, 0.4) is 0 Å². The number of ether oxygens (including phenoxy) is 1. The lowest BCUT2D eigenvalue weighted by molar-refractivity contribution is 0.243. The Bertz CT molecular complexity index is 522. The molecule has 0 atom stereocenters. The SMILES string of the molecule is CC(C)Oc1cccnc1NCCc1cnn(C)c1. The van der Waals surface area contributed by atoms with Crippen molar-refractivity contribution in [3.8, 4) is 5.75 Å². The third kappa shape index (κ3) is 3.98. The Kier molecular flexibility index (Phi) is 4.39. The molecule has 0 aromatic carbocycles. The molecule has 0 aliphatic rings. The number of anilines is 1. The highest BCUT2D eigenvalue weighted by Crippen LogP contribution is 2.21. The van der Waals surface area contributed by atoms with Crippen molar-refractivity contribution in [3.63, 3.8) is 0 Å². The topological polar surface area (TPSA) is 52.0 Å². The van der Waals surface area contributed by atoms with Gasteiger partial charge in [0.05, 0.1) is 12.3 Å². The fraction of sp³-hybridized carbons (Fsp3) is 0.429. The zero-order valence-corrected chi connectivity index (χ0v) is 11.6. The molecule has 0 unspecified atom stereocenters. The summed E-state index contributed by atoms with van der Waals surface area (Å²) in [6.45, 7) is 4.82. The summed E-state index contributed by atoms with van der Waals surface area (Å²) in [5.74, 6) is 1.59. The van der Waals surface area contributed by atoms with E-state index in [1.807, 2.05) is 50.1 Å². The predicted octanol–water partition coefficient (Wildman–Crippen LogP) is 2.26. The van der Waals surface area contributed by atoms with E-state index in [1.165, 1.54) is 5.56 Å². The van der Waals surface area contributed by atoms with Crippen LogP contribution >= 0.6 is 0 Å². The van der Waals surface area contributed by atoms with Gasteiger partial charge in [-0.3, -0.25) is 4.68 Å². The fourth-order valence-electron chi connectivity index (χ4n) is 1.80. The van der Waals surface area contributed by atoms with Crippen LogP contribution in [-0.2, 0) is 13.5 Å². The number of hydrogen-bond acceptors (Lipinski definition) is 4. The second kappa shape index (κ2) is 6.22. The number of hydrogen-bond donors (Lipinski definition) is 1. The molecule has 0 saturated carbocycles. The van der Waals surface area contributed by atoms with Crippen LogP contribution in [0.5, 0.6) is 5.75 Å². The molecular formula is C14H20N4O. The van der Waals surface area contributed by atoms with Gasteiger partial charge in [0.15, 0.2) is 11.6 Å². The van der Waals surface area contributed by atoms with Gasteiger partial charge in [0.25, 0.3) is 0 Å². The van der Waals surface area contributed by atoms with Gasteiger partial charge in [-0.15, -0.1) is 0 Å². The van der Waals surface area contributed by atoms with Gasteiger partial charge in [-0.2, -0.15) is 5.10 Å². The summed E-state index contributed by atoms with van der Waals surface area (Å²) in [4.78, 5) is 4.31. The van der Waals surface area contributed by atoms with Crippen molar-refractivity contribution in [2.45, 2.75) is 26.4 Å². The molecular weight excluding hydrogens is 240 g/mol. The molecule has 0 aliphatic carbocycles. The van der Waals surface area contributed by atoms with Crippen LogP contribution in [0.1, 0.15) is 19.4 Å². The highest BCUT2D eigenvalue weighted by atomic mass is 16.5. The molecule has 5 heteroatoms. The van der Waals surface area contributed by atoms with Gasteiger partial charge >= 0.3 is 0 Å². The maximum absolute atomic E-state index is 5.71. The van der Waals surface area contributed by atoms with Gasteiger partial charge in [-0.25, -0.2) is 4.98 Å². The van der Waals surface area contributed by atoms with Crippen LogP contribution in [0.25, 0.3) is 0 Å². The summed E-state index contributed by atoms with van der Waals surface area (Å²) in [5.41, 5.74) is 1.21. The molecule has 0 aliphatic heterocycles. The van der Waals surface area contributed by atoms with Crippen LogP contribution in [0.15, 0.2) is 30.7 Å². The third-order valence-corrected chi connectivity index (χ3v) is 2.60. The highest BCUT2D eigenvalue weighted by Gasteiger charge is 2.06. The number of nitrogens with one attached hydrogen (secondary N) is 1. The molecule has 0 amide bonds. The number of aryl methyl sites for hydroxylation is 1. The van der Waals surface area contributed by atoms with E-state index >= 15 is 0 Å². The van der Waals surface area contributed by atoms with Crippen molar-refractivity contribution in [3.05, 3.63) is 36.3 Å². The number of rotatable bonds is 6. The van der Waals surface area contributed by atoms with E-state index in [4.69, 9.17) is 4.74 Å². The quantitative estimate of drug-likeness (QED) is 0.865. The van der Waals surface area contributed by atoms with Crippen LogP contribution in [-0.4, -0.2) is 27.4 Å². The van der Waals surface area contributed by atoms with Crippen molar-refractivity contribution < 1.29 is 4.74 Å². The Morgan fingerprint density at radius 2 is 2.26 bits per heavy atom. The maximum Gasteiger partial charge on any atom is 0.168 e. The average Bonchev–Trinajstić information content (AvgIpc) is 2.77. The number of nitrogens with zero attached hydrogens (tertiary/aromatic N) is 3. The van der Waals surface area contributed by atoms with E-state index < -0.39 is 0 Å². The summed E-state index contributed by atoms with van der Waals surface area (Å²) in [7, 11) is 1.92. The van der Waals surface area contributed by atoms with Crippen LogP contribution in [0, 0.1) is 0 Å². The summed E-state index contributed by atoms with van der Waals surface area (Å²) < 4.78 is 7.52. The predicted molar refractivity (Wildman–Crippen MR) is 75.4 cm³/mol.